The summed E-state index contributed by atoms with van der Waals surface area (Å²) in [7, 11) is -8.48. The highest BCUT2D eigenvalue weighted by Gasteiger charge is 2.13. The first-order valence-corrected chi connectivity index (χ1v) is 16.4. The van der Waals surface area contributed by atoms with Crippen LogP contribution in [0.25, 0.3) is 22.1 Å². The van der Waals surface area contributed by atoms with Crippen LogP contribution in [0.4, 0.5) is 0 Å². The number of H-pyrrole nitrogens is 2. The fraction of sp³-hybridized carbons (Fsp3) is 0.300. The Labute approximate surface area is 215 Å². The fourth-order valence-electron chi connectivity index (χ4n) is 3.15. The van der Waals surface area contributed by atoms with Crippen LogP contribution in [0, 0.1) is 0 Å². The minimum absolute atomic E-state index is 0.161. The standard InChI is InChI=1S/C20H22N4O6S5/c25-34(26,27)13-3-5-15-17(11-13)23-19(21-15)32-9-1-7-31-8-2-10-33-20-22-16-6-4-14(35(28,29)30)12-18(16)24-20/h3-6,11-12H,1-2,7-10H2,(H,21,23)(H,22,24)(H,25,26,27)(H,28,29,30). The van der Waals surface area contributed by atoms with Gasteiger partial charge in [0, 0.05) is 11.5 Å². The van der Waals surface area contributed by atoms with E-state index in [4.69, 9.17) is 9.11 Å². The maximum atomic E-state index is 11.3. The first kappa shape index (κ1) is 26.3. The zero-order valence-electron chi connectivity index (χ0n) is 18.2. The molecule has 4 rings (SSSR count). The van der Waals surface area contributed by atoms with E-state index in [1.165, 1.54) is 24.3 Å². The van der Waals surface area contributed by atoms with E-state index >= 15 is 0 Å². The number of nitrogens with one attached hydrogen (secondary N) is 2. The van der Waals surface area contributed by atoms with E-state index in [9.17, 15) is 16.8 Å². The maximum Gasteiger partial charge on any atom is 0.294 e. The lowest BCUT2D eigenvalue weighted by Crippen LogP contribution is -1.97. The molecule has 0 saturated carbocycles. The van der Waals surface area contributed by atoms with Crippen molar-refractivity contribution in [2.75, 3.05) is 23.0 Å². The summed E-state index contributed by atoms with van der Waals surface area (Å²) >= 11 is 5.00. The molecule has 0 saturated heterocycles. The predicted molar refractivity (Wildman–Crippen MR) is 140 cm³/mol. The highest BCUT2D eigenvalue weighted by molar-refractivity contribution is 8.00. The molecule has 2 heterocycles. The molecule has 188 valence electrons. The highest BCUT2D eigenvalue weighted by atomic mass is 32.2. The van der Waals surface area contributed by atoms with E-state index in [0.29, 0.717) is 32.4 Å². The summed E-state index contributed by atoms with van der Waals surface area (Å²) in [6, 6.07) is 8.53. The van der Waals surface area contributed by atoms with Gasteiger partial charge in [-0.3, -0.25) is 9.11 Å². The summed E-state index contributed by atoms with van der Waals surface area (Å²) in [5, 5.41) is 1.42. The largest absolute Gasteiger partial charge is 0.333 e. The van der Waals surface area contributed by atoms with Crippen LogP contribution in [-0.4, -0.2) is 68.9 Å². The lowest BCUT2D eigenvalue weighted by Gasteiger charge is -2.01. The van der Waals surface area contributed by atoms with Crippen LogP contribution in [0.3, 0.4) is 0 Å². The normalized spacial score (nSPS) is 12.6. The lowest BCUT2D eigenvalue weighted by atomic mass is 10.3. The van der Waals surface area contributed by atoms with Gasteiger partial charge in [-0.15, -0.1) is 0 Å². The summed E-state index contributed by atoms with van der Waals surface area (Å²) < 4.78 is 63.3. The van der Waals surface area contributed by atoms with Gasteiger partial charge in [0.2, 0.25) is 0 Å². The van der Waals surface area contributed by atoms with Gasteiger partial charge in [-0.25, -0.2) is 9.97 Å². The highest BCUT2D eigenvalue weighted by Crippen LogP contribution is 2.24. The van der Waals surface area contributed by atoms with Crippen molar-refractivity contribution in [1.29, 1.82) is 0 Å². The van der Waals surface area contributed by atoms with E-state index < -0.39 is 20.2 Å². The molecule has 0 spiro atoms. The molecule has 0 aliphatic rings. The number of benzene rings is 2. The smallest absolute Gasteiger partial charge is 0.294 e. The van der Waals surface area contributed by atoms with Crippen molar-refractivity contribution in [3.63, 3.8) is 0 Å². The van der Waals surface area contributed by atoms with Crippen LogP contribution in [0.2, 0.25) is 0 Å². The lowest BCUT2D eigenvalue weighted by molar-refractivity contribution is 0.481. The van der Waals surface area contributed by atoms with Crippen molar-refractivity contribution in [2.45, 2.75) is 32.9 Å². The van der Waals surface area contributed by atoms with Gasteiger partial charge in [0.25, 0.3) is 20.2 Å². The van der Waals surface area contributed by atoms with E-state index in [1.54, 1.807) is 35.7 Å². The molecule has 2 aromatic carbocycles. The molecule has 0 bridgehead atoms. The van der Waals surface area contributed by atoms with Crippen LogP contribution in [0.5, 0.6) is 0 Å². The predicted octanol–water partition coefficient (Wildman–Crippen LogP) is 4.33. The van der Waals surface area contributed by atoms with Gasteiger partial charge in [-0.1, -0.05) is 23.5 Å². The number of nitrogens with zero attached hydrogens (tertiary/aromatic N) is 2. The molecule has 10 nitrogen and oxygen atoms in total. The molecule has 0 radical (unpaired) electrons. The Morgan fingerprint density at radius 3 is 1.51 bits per heavy atom. The number of fused-ring (bicyclic) bond motifs is 2. The maximum absolute atomic E-state index is 11.3. The van der Waals surface area contributed by atoms with Crippen LogP contribution in [-0.2, 0) is 20.2 Å². The number of hydrogen-bond donors (Lipinski definition) is 4. The Morgan fingerprint density at radius 1 is 0.686 bits per heavy atom. The van der Waals surface area contributed by atoms with Crippen LogP contribution < -0.4 is 0 Å². The Morgan fingerprint density at radius 2 is 1.11 bits per heavy atom. The number of imidazole rings is 2. The van der Waals surface area contributed by atoms with Gasteiger partial charge in [0.1, 0.15) is 0 Å². The van der Waals surface area contributed by atoms with Crippen molar-refractivity contribution in [2.24, 2.45) is 0 Å². The molecule has 0 unspecified atom stereocenters. The first-order chi connectivity index (χ1) is 16.6. The van der Waals surface area contributed by atoms with Gasteiger partial charge < -0.3 is 9.97 Å². The average molecular weight is 575 g/mol. The molecule has 0 amide bonds. The molecule has 35 heavy (non-hydrogen) atoms. The molecule has 0 aliphatic carbocycles. The quantitative estimate of drug-likeness (QED) is 0.108. The third-order valence-electron chi connectivity index (χ3n) is 4.80. The van der Waals surface area contributed by atoms with Gasteiger partial charge >= 0.3 is 0 Å². The SMILES string of the molecule is O=S(=O)(O)c1ccc2nc(SCCCSCCCSc3nc4ccc(S(=O)(=O)O)cc4[nH]3)[nH]c2c1. The van der Waals surface area contributed by atoms with E-state index in [1.807, 2.05) is 11.8 Å². The molecule has 0 fully saturated rings. The van der Waals surface area contributed by atoms with Gasteiger partial charge in [-0.05, 0) is 60.7 Å². The zero-order chi connectivity index (χ0) is 25.1. The number of aromatic nitrogens is 4. The molecule has 4 aromatic rings. The van der Waals surface area contributed by atoms with E-state index in [0.717, 1.165) is 35.9 Å². The number of hydrogen-bond acceptors (Lipinski definition) is 9. The number of rotatable bonds is 12. The Hall–Kier alpha value is -1.75. The van der Waals surface area contributed by atoms with Crippen molar-refractivity contribution in [1.82, 2.24) is 19.9 Å². The topological polar surface area (TPSA) is 166 Å². The van der Waals surface area contributed by atoms with Gasteiger partial charge in [-0.2, -0.15) is 28.6 Å². The van der Waals surface area contributed by atoms with Crippen molar-refractivity contribution in [3.8, 4) is 0 Å². The van der Waals surface area contributed by atoms with Crippen LogP contribution >= 0.6 is 35.3 Å². The number of aromatic amines is 2. The number of thioether (sulfide) groups is 3. The molecule has 4 N–H and O–H groups in total. The molecule has 15 heteroatoms. The van der Waals surface area contributed by atoms with Gasteiger partial charge in [0.05, 0.1) is 31.9 Å². The fourth-order valence-corrected chi connectivity index (χ4v) is 7.08. The van der Waals surface area contributed by atoms with Crippen molar-refractivity contribution < 1.29 is 25.9 Å². The van der Waals surface area contributed by atoms with Crippen LogP contribution in [0.1, 0.15) is 12.8 Å². The Balaban J connectivity index is 1.13. The summed E-state index contributed by atoms with van der Waals surface area (Å²) in [6.45, 7) is 0. The second kappa shape index (κ2) is 11.1. The Kier molecular flexibility index (Phi) is 8.35. The Bertz CT molecular complexity index is 1430. The first-order valence-electron chi connectivity index (χ1n) is 10.4. The monoisotopic (exact) mass is 574 g/mol. The molecular weight excluding hydrogens is 553 g/mol. The summed E-state index contributed by atoms with van der Waals surface area (Å²) in [6.07, 6.45) is 1.99. The minimum atomic E-state index is -4.24. The van der Waals surface area contributed by atoms with E-state index in [-0.39, 0.29) is 9.79 Å². The molecule has 2 aromatic heterocycles. The zero-order valence-corrected chi connectivity index (χ0v) is 22.3. The van der Waals surface area contributed by atoms with Gasteiger partial charge in [0.15, 0.2) is 10.3 Å². The third-order valence-corrected chi connectivity index (χ3v) is 9.58. The third kappa shape index (κ3) is 7.15. The molecule has 0 aliphatic heterocycles. The summed E-state index contributed by atoms with van der Waals surface area (Å²) in [5.74, 6) is 3.76. The second-order valence-electron chi connectivity index (χ2n) is 7.41. The summed E-state index contributed by atoms with van der Waals surface area (Å²) in [4.78, 5) is 14.7. The minimum Gasteiger partial charge on any atom is -0.333 e. The molecular formula is C20H22N4O6S5. The summed E-state index contributed by atoms with van der Waals surface area (Å²) in [5.41, 5.74) is 2.43. The van der Waals surface area contributed by atoms with E-state index in [2.05, 4.69) is 19.9 Å². The van der Waals surface area contributed by atoms with Crippen LogP contribution in [0.15, 0.2) is 56.5 Å². The van der Waals surface area contributed by atoms with Crippen molar-refractivity contribution >= 4 is 77.6 Å². The average Bonchev–Trinajstić information content (AvgIpc) is 3.38. The second-order valence-corrected chi connectivity index (χ2v) is 13.6. The molecule has 0 atom stereocenters. The van der Waals surface area contributed by atoms with Crippen molar-refractivity contribution in [3.05, 3.63) is 36.4 Å².